The van der Waals surface area contributed by atoms with Crippen LogP contribution in [0.15, 0.2) is 0 Å². The van der Waals surface area contributed by atoms with Gasteiger partial charge in [0.15, 0.2) is 0 Å². The van der Waals surface area contributed by atoms with E-state index in [2.05, 4.69) is 18.7 Å². The van der Waals surface area contributed by atoms with Crippen LogP contribution in [0.1, 0.15) is 52.4 Å². The zero-order valence-corrected chi connectivity index (χ0v) is 14.9. The van der Waals surface area contributed by atoms with E-state index in [9.17, 15) is 13.6 Å². The van der Waals surface area contributed by atoms with Gasteiger partial charge in [0.25, 0.3) is 5.92 Å². The van der Waals surface area contributed by atoms with Crippen LogP contribution in [-0.2, 0) is 4.79 Å². The molecule has 1 heterocycles. The molecule has 138 valence electrons. The van der Waals surface area contributed by atoms with Gasteiger partial charge in [-0.15, -0.1) is 0 Å². The number of nitrogens with two attached hydrogens (primary N) is 1. The van der Waals surface area contributed by atoms with E-state index in [1.165, 1.54) is 6.42 Å². The van der Waals surface area contributed by atoms with E-state index in [-0.39, 0.29) is 18.4 Å². The molecule has 4 nitrogen and oxygen atoms in total. The maximum absolute atomic E-state index is 14.0. The number of rotatable bonds is 3. The Morgan fingerprint density at radius 2 is 1.88 bits per heavy atom. The fraction of sp³-hybridized carbons (Fsp3) is 0.944. The number of nitrogens with zero attached hydrogens (tertiary/aromatic N) is 2. The minimum Gasteiger partial charge on any atom is -0.337 e. The molecule has 6 heteroatoms. The Balaban J connectivity index is 1.74. The van der Waals surface area contributed by atoms with E-state index in [1.54, 1.807) is 0 Å². The molecule has 2 saturated carbocycles. The lowest BCUT2D eigenvalue weighted by atomic mass is 9.76. The number of halogens is 2. The highest BCUT2D eigenvalue weighted by molar-refractivity contribution is 5.80. The van der Waals surface area contributed by atoms with Crippen molar-refractivity contribution < 1.29 is 13.6 Å². The highest BCUT2D eigenvalue weighted by Gasteiger charge is 2.50. The number of hydrogen-bond acceptors (Lipinski definition) is 3. The van der Waals surface area contributed by atoms with E-state index in [1.807, 2.05) is 4.90 Å². The monoisotopic (exact) mass is 343 g/mol. The van der Waals surface area contributed by atoms with Gasteiger partial charge in [-0.3, -0.25) is 9.69 Å². The van der Waals surface area contributed by atoms with Gasteiger partial charge in [0.05, 0.1) is 12.0 Å². The zero-order valence-electron chi connectivity index (χ0n) is 14.9. The highest BCUT2D eigenvalue weighted by atomic mass is 19.3. The van der Waals surface area contributed by atoms with E-state index >= 15 is 0 Å². The standard InChI is InChI=1S/C18H31F2N3O/c1-12(2)22-9-10-23(15(11-22)13-5-3-6-13)17(24)14-7-4-8-18(19,20)16(14)21/h12-16H,3-11,21H2,1-2H3/t14-,15?,16+/m0/s1. The van der Waals surface area contributed by atoms with Crippen molar-refractivity contribution in [1.29, 1.82) is 0 Å². The first-order valence-electron chi connectivity index (χ1n) is 9.49. The van der Waals surface area contributed by atoms with Crippen LogP contribution in [0.25, 0.3) is 0 Å². The molecular weight excluding hydrogens is 312 g/mol. The molecule has 0 aromatic heterocycles. The normalized spacial score (nSPS) is 35.1. The van der Waals surface area contributed by atoms with Gasteiger partial charge in [0, 0.05) is 38.1 Å². The Morgan fingerprint density at radius 3 is 2.46 bits per heavy atom. The van der Waals surface area contributed by atoms with Gasteiger partial charge in [-0.2, -0.15) is 0 Å². The van der Waals surface area contributed by atoms with E-state index in [4.69, 9.17) is 5.73 Å². The first-order valence-corrected chi connectivity index (χ1v) is 9.49. The molecule has 24 heavy (non-hydrogen) atoms. The van der Waals surface area contributed by atoms with Crippen LogP contribution in [0.3, 0.4) is 0 Å². The molecule has 1 unspecified atom stereocenters. The predicted molar refractivity (Wildman–Crippen MR) is 89.8 cm³/mol. The summed E-state index contributed by atoms with van der Waals surface area (Å²) in [7, 11) is 0. The van der Waals surface area contributed by atoms with Crippen molar-refractivity contribution in [2.45, 2.75) is 76.4 Å². The van der Waals surface area contributed by atoms with Crippen LogP contribution < -0.4 is 5.73 Å². The fourth-order valence-corrected chi connectivity index (χ4v) is 4.49. The number of alkyl halides is 2. The summed E-state index contributed by atoms with van der Waals surface area (Å²) in [5, 5.41) is 0. The Bertz CT molecular complexity index is 467. The molecule has 0 aromatic carbocycles. The van der Waals surface area contributed by atoms with Gasteiger partial charge in [-0.05, 0) is 45.4 Å². The molecule has 0 spiro atoms. The van der Waals surface area contributed by atoms with Crippen molar-refractivity contribution in [3.63, 3.8) is 0 Å². The van der Waals surface area contributed by atoms with Crippen molar-refractivity contribution in [2.24, 2.45) is 17.6 Å². The van der Waals surface area contributed by atoms with Crippen LogP contribution in [0.4, 0.5) is 8.78 Å². The minimum absolute atomic E-state index is 0.123. The lowest BCUT2D eigenvalue weighted by Gasteiger charge is -2.50. The van der Waals surface area contributed by atoms with Gasteiger partial charge < -0.3 is 10.6 Å². The first-order chi connectivity index (χ1) is 11.3. The molecule has 0 radical (unpaired) electrons. The maximum atomic E-state index is 14.0. The first kappa shape index (κ1) is 18.1. The lowest BCUT2D eigenvalue weighted by molar-refractivity contribution is -0.153. The van der Waals surface area contributed by atoms with Gasteiger partial charge in [-0.1, -0.05) is 6.42 Å². The summed E-state index contributed by atoms with van der Waals surface area (Å²) in [5.41, 5.74) is 5.80. The molecule has 3 atom stereocenters. The Labute approximate surface area is 143 Å². The molecule has 2 aliphatic carbocycles. The topological polar surface area (TPSA) is 49.6 Å². The minimum atomic E-state index is -2.91. The van der Waals surface area contributed by atoms with E-state index in [0.29, 0.717) is 31.3 Å². The summed E-state index contributed by atoms with van der Waals surface area (Å²) in [6, 6.07) is -0.708. The summed E-state index contributed by atoms with van der Waals surface area (Å²) in [4.78, 5) is 17.4. The van der Waals surface area contributed by atoms with Crippen LogP contribution >= 0.6 is 0 Å². The van der Waals surface area contributed by atoms with Gasteiger partial charge in [-0.25, -0.2) is 8.78 Å². The van der Waals surface area contributed by atoms with Gasteiger partial charge >= 0.3 is 0 Å². The molecule has 3 rings (SSSR count). The third-order valence-electron chi connectivity index (χ3n) is 6.42. The third kappa shape index (κ3) is 3.32. The second-order valence-corrected chi connectivity index (χ2v) is 8.16. The zero-order chi connectivity index (χ0) is 17.5. The maximum Gasteiger partial charge on any atom is 0.263 e. The molecule has 1 saturated heterocycles. The number of piperazine rings is 1. The van der Waals surface area contributed by atoms with Crippen LogP contribution in [0.2, 0.25) is 0 Å². The number of carbonyl (C=O) groups excluding carboxylic acids is 1. The van der Waals surface area contributed by atoms with Crippen LogP contribution in [0, 0.1) is 11.8 Å². The van der Waals surface area contributed by atoms with Crippen molar-refractivity contribution in [1.82, 2.24) is 9.80 Å². The van der Waals surface area contributed by atoms with Gasteiger partial charge in [0.1, 0.15) is 0 Å². The second-order valence-electron chi connectivity index (χ2n) is 8.16. The molecule has 1 amide bonds. The summed E-state index contributed by atoms with van der Waals surface area (Å²) >= 11 is 0. The van der Waals surface area contributed by atoms with Gasteiger partial charge in [0.2, 0.25) is 5.91 Å². The molecule has 0 bridgehead atoms. The van der Waals surface area contributed by atoms with E-state index < -0.39 is 17.9 Å². The SMILES string of the molecule is CC(C)N1CCN(C(=O)[C@H]2CCCC(F)(F)[C@@H]2N)C(C2CCC2)C1. The van der Waals surface area contributed by atoms with Crippen molar-refractivity contribution >= 4 is 5.91 Å². The highest BCUT2D eigenvalue weighted by Crippen LogP contribution is 2.39. The Kier molecular flexibility index (Phi) is 5.17. The molecule has 1 aliphatic heterocycles. The summed E-state index contributed by atoms with van der Waals surface area (Å²) in [6.07, 6.45) is 4.20. The third-order valence-corrected chi connectivity index (χ3v) is 6.42. The largest absolute Gasteiger partial charge is 0.337 e. The van der Waals surface area contributed by atoms with Crippen molar-refractivity contribution in [2.75, 3.05) is 19.6 Å². The molecule has 0 aromatic rings. The van der Waals surface area contributed by atoms with Crippen LogP contribution in [0.5, 0.6) is 0 Å². The van der Waals surface area contributed by atoms with Crippen molar-refractivity contribution in [3.05, 3.63) is 0 Å². The number of carbonyl (C=O) groups is 1. The predicted octanol–water partition coefficient (Wildman–Crippen LogP) is 2.47. The fourth-order valence-electron chi connectivity index (χ4n) is 4.49. The summed E-state index contributed by atoms with van der Waals surface area (Å²) < 4.78 is 27.9. The lowest BCUT2D eigenvalue weighted by Crippen LogP contribution is -2.63. The number of amides is 1. The average Bonchev–Trinajstić information content (AvgIpc) is 2.47. The van der Waals surface area contributed by atoms with Crippen molar-refractivity contribution in [3.8, 4) is 0 Å². The quantitative estimate of drug-likeness (QED) is 0.856. The summed E-state index contributed by atoms with van der Waals surface area (Å²) in [5.74, 6) is -3.23. The van der Waals surface area contributed by atoms with Crippen LogP contribution in [-0.4, -0.2) is 59.4 Å². The second kappa shape index (κ2) is 6.87. The molecule has 2 N–H and O–H groups in total. The smallest absolute Gasteiger partial charge is 0.263 e. The molecular formula is C18H31F2N3O. The average molecular weight is 343 g/mol. The number of hydrogen-bond donors (Lipinski definition) is 1. The molecule has 3 aliphatic rings. The summed E-state index contributed by atoms with van der Waals surface area (Å²) in [6.45, 7) is 6.68. The Morgan fingerprint density at radius 1 is 1.17 bits per heavy atom. The van der Waals surface area contributed by atoms with E-state index in [0.717, 1.165) is 25.9 Å². The Hall–Kier alpha value is -0.750. The molecule has 3 fully saturated rings.